The van der Waals surface area contributed by atoms with Crippen molar-refractivity contribution < 1.29 is 0 Å². The molecule has 0 saturated heterocycles. The summed E-state index contributed by atoms with van der Waals surface area (Å²) in [7, 11) is 0. The Morgan fingerprint density at radius 1 is 1.17 bits per heavy atom. The molecule has 4 heteroatoms. The van der Waals surface area contributed by atoms with Crippen LogP contribution < -0.4 is 0 Å². The highest BCUT2D eigenvalue weighted by Crippen LogP contribution is 2.41. The maximum absolute atomic E-state index is 9.04. The van der Waals surface area contributed by atoms with Gasteiger partial charge in [0, 0.05) is 37.7 Å². The first-order valence-electron chi connectivity index (χ1n) is 8.37. The third kappa shape index (κ3) is 3.11. The van der Waals surface area contributed by atoms with E-state index < -0.39 is 0 Å². The second kappa shape index (κ2) is 6.10. The zero-order valence-corrected chi connectivity index (χ0v) is 13.2. The number of hydrogen-bond donors (Lipinski definition) is 0. The summed E-state index contributed by atoms with van der Waals surface area (Å²) >= 11 is 0. The van der Waals surface area contributed by atoms with Crippen LogP contribution in [0.5, 0.6) is 0 Å². The standard InChI is InChI=1S/C19H20N4/c20-11-14-2-1-3-15(10-14)12-23-8-6-17-18(7-9-23)21-13-22-19(17)16-4-5-16/h1-3,10,13,16H,4-9,12H2. The molecule has 1 aromatic carbocycles. The van der Waals surface area contributed by atoms with Crippen LogP contribution in [-0.2, 0) is 19.4 Å². The predicted molar refractivity (Wildman–Crippen MR) is 87.8 cm³/mol. The highest BCUT2D eigenvalue weighted by molar-refractivity contribution is 5.33. The van der Waals surface area contributed by atoms with Crippen LogP contribution in [-0.4, -0.2) is 28.0 Å². The third-order valence-corrected chi connectivity index (χ3v) is 4.84. The van der Waals surface area contributed by atoms with Gasteiger partial charge in [0.25, 0.3) is 0 Å². The number of nitriles is 1. The monoisotopic (exact) mass is 304 g/mol. The molecule has 0 radical (unpaired) electrons. The van der Waals surface area contributed by atoms with Gasteiger partial charge >= 0.3 is 0 Å². The number of benzene rings is 1. The minimum absolute atomic E-state index is 0.686. The Labute approximate surface area is 136 Å². The van der Waals surface area contributed by atoms with Crippen molar-refractivity contribution in [2.24, 2.45) is 0 Å². The number of hydrogen-bond acceptors (Lipinski definition) is 4. The van der Waals surface area contributed by atoms with Crippen LogP contribution in [0.25, 0.3) is 0 Å². The van der Waals surface area contributed by atoms with Crippen LogP contribution in [0.1, 0.15) is 46.8 Å². The summed E-state index contributed by atoms with van der Waals surface area (Å²) in [4.78, 5) is 11.6. The second-order valence-electron chi connectivity index (χ2n) is 6.55. The molecule has 1 aromatic heterocycles. The first-order valence-corrected chi connectivity index (χ1v) is 8.37. The number of aromatic nitrogens is 2. The second-order valence-corrected chi connectivity index (χ2v) is 6.55. The summed E-state index contributed by atoms with van der Waals surface area (Å²) in [6.07, 6.45) is 6.36. The topological polar surface area (TPSA) is 52.8 Å². The molecule has 4 rings (SSSR count). The van der Waals surface area contributed by atoms with E-state index in [4.69, 9.17) is 5.26 Å². The normalized spacial score (nSPS) is 18.0. The molecule has 1 fully saturated rings. The van der Waals surface area contributed by atoms with Gasteiger partial charge in [-0.15, -0.1) is 0 Å². The Morgan fingerprint density at radius 3 is 2.87 bits per heavy atom. The van der Waals surface area contributed by atoms with E-state index in [9.17, 15) is 0 Å². The molecule has 0 amide bonds. The first-order chi connectivity index (χ1) is 11.3. The summed E-state index contributed by atoms with van der Waals surface area (Å²) in [6.45, 7) is 2.96. The molecule has 2 aromatic rings. The Balaban J connectivity index is 1.50. The SMILES string of the molecule is N#Cc1cccc(CN2CCc3ncnc(C4CC4)c3CC2)c1. The van der Waals surface area contributed by atoms with E-state index in [2.05, 4.69) is 27.0 Å². The van der Waals surface area contributed by atoms with E-state index in [-0.39, 0.29) is 0 Å². The molecular weight excluding hydrogens is 284 g/mol. The lowest BCUT2D eigenvalue weighted by atomic mass is 10.0. The predicted octanol–water partition coefficient (Wildman–Crippen LogP) is 2.83. The first kappa shape index (κ1) is 14.3. The Hall–Kier alpha value is -2.25. The zero-order chi connectivity index (χ0) is 15.6. The van der Waals surface area contributed by atoms with Crippen molar-refractivity contribution in [3.05, 3.63) is 58.7 Å². The Morgan fingerprint density at radius 2 is 2.04 bits per heavy atom. The minimum atomic E-state index is 0.686. The molecule has 0 atom stereocenters. The number of rotatable bonds is 3. The molecule has 2 heterocycles. The van der Waals surface area contributed by atoms with Crippen LogP contribution in [0.2, 0.25) is 0 Å². The molecule has 0 bridgehead atoms. The largest absolute Gasteiger partial charge is 0.298 e. The quantitative estimate of drug-likeness (QED) is 0.875. The molecule has 23 heavy (non-hydrogen) atoms. The lowest BCUT2D eigenvalue weighted by molar-refractivity contribution is 0.279. The van der Waals surface area contributed by atoms with Crippen LogP contribution in [0.15, 0.2) is 30.6 Å². The molecule has 0 N–H and O–H groups in total. The summed E-state index contributed by atoms with van der Waals surface area (Å²) in [5, 5.41) is 9.04. The maximum atomic E-state index is 9.04. The zero-order valence-electron chi connectivity index (χ0n) is 13.2. The van der Waals surface area contributed by atoms with Crippen molar-refractivity contribution in [1.29, 1.82) is 5.26 Å². The van der Waals surface area contributed by atoms with Crippen LogP contribution >= 0.6 is 0 Å². The lowest BCUT2D eigenvalue weighted by Gasteiger charge is -2.19. The third-order valence-electron chi connectivity index (χ3n) is 4.84. The van der Waals surface area contributed by atoms with Crippen molar-refractivity contribution in [2.75, 3.05) is 13.1 Å². The molecule has 2 aliphatic rings. The van der Waals surface area contributed by atoms with E-state index in [0.717, 1.165) is 38.0 Å². The molecule has 4 nitrogen and oxygen atoms in total. The van der Waals surface area contributed by atoms with Gasteiger partial charge in [0.1, 0.15) is 6.33 Å². The highest BCUT2D eigenvalue weighted by Gasteiger charge is 2.29. The summed E-state index contributed by atoms with van der Waals surface area (Å²) in [6, 6.07) is 10.1. The molecular formula is C19H20N4. The van der Waals surface area contributed by atoms with Crippen molar-refractivity contribution in [3.8, 4) is 6.07 Å². The minimum Gasteiger partial charge on any atom is -0.298 e. The van der Waals surface area contributed by atoms with Gasteiger partial charge in [0.2, 0.25) is 0 Å². The van der Waals surface area contributed by atoms with E-state index in [0.29, 0.717) is 5.92 Å². The van der Waals surface area contributed by atoms with Gasteiger partial charge in [0.15, 0.2) is 0 Å². The Bertz CT molecular complexity index is 758. The number of nitrogens with zero attached hydrogens (tertiary/aromatic N) is 4. The molecule has 0 unspecified atom stereocenters. The summed E-state index contributed by atoms with van der Waals surface area (Å²) in [5.41, 5.74) is 5.91. The summed E-state index contributed by atoms with van der Waals surface area (Å²) < 4.78 is 0. The van der Waals surface area contributed by atoms with E-state index in [1.807, 2.05) is 18.2 Å². The van der Waals surface area contributed by atoms with Gasteiger partial charge in [-0.25, -0.2) is 9.97 Å². The Kier molecular flexibility index (Phi) is 3.80. The van der Waals surface area contributed by atoms with Crippen molar-refractivity contribution >= 4 is 0 Å². The fraction of sp³-hybridized carbons (Fsp3) is 0.421. The van der Waals surface area contributed by atoms with Gasteiger partial charge < -0.3 is 0 Å². The fourth-order valence-corrected chi connectivity index (χ4v) is 3.46. The van der Waals surface area contributed by atoms with Gasteiger partial charge in [-0.2, -0.15) is 5.26 Å². The van der Waals surface area contributed by atoms with E-state index in [1.54, 1.807) is 6.33 Å². The smallest absolute Gasteiger partial charge is 0.115 e. The molecule has 116 valence electrons. The van der Waals surface area contributed by atoms with Crippen molar-refractivity contribution in [1.82, 2.24) is 14.9 Å². The van der Waals surface area contributed by atoms with E-state index >= 15 is 0 Å². The maximum Gasteiger partial charge on any atom is 0.115 e. The molecule has 1 saturated carbocycles. The summed E-state index contributed by atoms with van der Waals surface area (Å²) in [5.74, 6) is 0.686. The molecule has 1 aliphatic heterocycles. The van der Waals surface area contributed by atoms with Gasteiger partial charge in [0.05, 0.1) is 17.3 Å². The average molecular weight is 304 g/mol. The van der Waals surface area contributed by atoms with Crippen molar-refractivity contribution in [3.63, 3.8) is 0 Å². The van der Waals surface area contributed by atoms with Gasteiger partial charge in [-0.05, 0) is 42.5 Å². The highest BCUT2D eigenvalue weighted by atomic mass is 15.1. The molecule has 1 aliphatic carbocycles. The van der Waals surface area contributed by atoms with Crippen molar-refractivity contribution in [2.45, 2.75) is 38.1 Å². The average Bonchev–Trinajstić information content (AvgIpc) is 3.42. The van der Waals surface area contributed by atoms with Crippen LogP contribution in [0, 0.1) is 11.3 Å². The lowest BCUT2D eigenvalue weighted by Crippen LogP contribution is -2.26. The van der Waals surface area contributed by atoms with Gasteiger partial charge in [-0.1, -0.05) is 12.1 Å². The van der Waals surface area contributed by atoms with Gasteiger partial charge in [-0.3, -0.25) is 4.90 Å². The van der Waals surface area contributed by atoms with Crippen LogP contribution in [0.3, 0.4) is 0 Å². The van der Waals surface area contributed by atoms with Crippen LogP contribution in [0.4, 0.5) is 0 Å². The fourth-order valence-electron chi connectivity index (χ4n) is 3.46. The van der Waals surface area contributed by atoms with E-state index in [1.165, 1.54) is 35.4 Å². The molecule has 0 spiro atoms. The number of fused-ring (bicyclic) bond motifs is 1.